The summed E-state index contributed by atoms with van der Waals surface area (Å²) in [5.41, 5.74) is -0.0254. The maximum Gasteiger partial charge on any atom is 0.492 e. The van der Waals surface area contributed by atoms with Crippen molar-refractivity contribution < 1.29 is 28.7 Å². The van der Waals surface area contributed by atoms with Gasteiger partial charge >= 0.3 is 19.2 Å². The van der Waals surface area contributed by atoms with E-state index < -0.39 is 36.0 Å². The third-order valence-corrected chi connectivity index (χ3v) is 5.92. The van der Waals surface area contributed by atoms with E-state index in [1.165, 1.54) is 0 Å². The number of hydrogen-bond acceptors (Lipinski definition) is 5. The zero-order valence-corrected chi connectivity index (χ0v) is 20.3. The lowest BCUT2D eigenvalue weighted by molar-refractivity contribution is 0.00578. The molecule has 1 aliphatic rings. The molecular formula is C25H32BNO6. The minimum atomic E-state index is -0.987. The van der Waals surface area contributed by atoms with Gasteiger partial charge in [0.05, 0.1) is 16.8 Å². The Morgan fingerprint density at radius 3 is 2.18 bits per heavy atom. The number of aromatic carboxylic acids is 1. The van der Waals surface area contributed by atoms with Gasteiger partial charge in [-0.2, -0.15) is 0 Å². The highest BCUT2D eigenvalue weighted by atomic mass is 16.7. The fraction of sp³-hybridized carbons (Fsp3) is 0.440. The molecule has 0 aliphatic carbocycles. The first kappa shape index (κ1) is 24.8. The average Bonchev–Trinajstić information content (AvgIpc) is 2.90. The van der Waals surface area contributed by atoms with Gasteiger partial charge in [0.15, 0.2) is 0 Å². The fourth-order valence-corrected chi connectivity index (χ4v) is 3.53. The van der Waals surface area contributed by atoms with E-state index in [9.17, 15) is 14.7 Å². The molecule has 1 fully saturated rings. The molecule has 1 amide bonds. The number of fused-ring (bicyclic) bond motifs is 1. The molecule has 7 nitrogen and oxygen atoms in total. The lowest BCUT2D eigenvalue weighted by atomic mass is 9.76. The highest BCUT2D eigenvalue weighted by Crippen LogP contribution is 2.39. The number of carboxylic acids is 1. The quantitative estimate of drug-likeness (QED) is 0.614. The van der Waals surface area contributed by atoms with Crippen LogP contribution in [0.15, 0.2) is 41.9 Å². The molecule has 2 aromatic rings. The smallest absolute Gasteiger partial charge is 0.478 e. The Hall–Kier alpha value is -2.84. The van der Waals surface area contributed by atoms with Gasteiger partial charge in [-0.15, -0.1) is 0 Å². The summed E-state index contributed by atoms with van der Waals surface area (Å²) in [5, 5.41) is 13.8. The summed E-state index contributed by atoms with van der Waals surface area (Å²) in [6.45, 7) is 13.4. The number of alkyl carbamates (subject to hydrolysis) is 1. The van der Waals surface area contributed by atoms with Crippen LogP contribution in [-0.4, -0.2) is 47.6 Å². The van der Waals surface area contributed by atoms with Gasteiger partial charge in [0.1, 0.15) is 5.60 Å². The van der Waals surface area contributed by atoms with Crippen LogP contribution in [0.5, 0.6) is 0 Å². The van der Waals surface area contributed by atoms with Gasteiger partial charge in [0.2, 0.25) is 0 Å². The van der Waals surface area contributed by atoms with Crippen LogP contribution < -0.4 is 5.32 Å². The van der Waals surface area contributed by atoms with Crippen LogP contribution in [0, 0.1) is 0 Å². The van der Waals surface area contributed by atoms with Gasteiger partial charge < -0.3 is 24.5 Å². The molecule has 0 unspecified atom stereocenters. The summed E-state index contributed by atoms with van der Waals surface area (Å²) in [6, 6.07) is 10.7. The summed E-state index contributed by atoms with van der Waals surface area (Å²) < 4.78 is 17.8. The molecule has 2 aromatic carbocycles. The minimum Gasteiger partial charge on any atom is -0.478 e. The van der Waals surface area contributed by atoms with Crippen molar-refractivity contribution >= 4 is 36.0 Å². The standard InChI is InChI=1S/C25H32BNO6/c1-23(2,3)31-22(30)27-15-17(26-32-24(4,5)25(6,7)33-26)14-16-10-8-12-19-18(16)11-9-13-20(19)21(28)29/h8-14H,15H2,1-7H3,(H,27,30)(H,28,29). The predicted octanol–water partition coefficient (Wildman–Crippen LogP) is 5.08. The second-order valence-corrected chi connectivity index (χ2v) is 10.2. The molecule has 0 spiro atoms. The van der Waals surface area contributed by atoms with E-state index in [1.54, 1.807) is 39.0 Å². The summed E-state index contributed by atoms with van der Waals surface area (Å²) in [7, 11) is -0.692. The third kappa shape index (κ3) is 5.57. The molecule has 0 aromatic heterocycles. The van der Waals surface area contributed by atoms with Crippen LogP contribution in [0.2, 0.25) is 0 Å². The van der Waals surface area contributed by atoms with Crippen molar-refractivity contribution in [1.29, 1.82) is 0 Å². The number of nitrogens with one attached hydrogen (secondary N) is 1. The van der Waals surface area contributed by atoms with Crippen LogP contribution in [0.25, 0.3) is 16.8 Å². The minimum absolute atomic E-state index is 0.140. The molecule has 33 heavy (non-hydrogen) atoms. The predicted molar refractivity (Wildman–Crippen MR) is 129 cm³/mol. The zero-order valence-electron chi connectivity index (χ0n) is 20.3. The number of amides is 1. The summed E-state index contributed by atoms with van der Waals surface area (Å²) in [6.07, 6.45) is 1.34. The molecular weight excluding hydrogens is 421 g/mol. The lowest BCUT2D eigenvalue weighted by Gasteiger charge is -2.32. The van der Waals surface area contributed by atoms with Gasteiger partial charge in [-0.1, -0.05) is 36.4 Å². The SMILES string of the molecule is CC(C)(C)OC(=O)NCC(=Cc1cccc2c(C(=O)O)cccc12)B1OC(C)(C)C(C)(C)O1. The van der Waals surface area contributed by atoms with Crippen LogP contribution in [0.1, 0.15) is 64.4 Å². The fourth-order valence-electron chi connectivity index (χ4n) is 3.53. The third-order valence-electron chi connectivity index (χ3n) is 5.92. The Kier molecular flexibility index (Phi) is 6.64. The first-order valence-electron chi connectivity index (χ1n) is 11.0. The van der Waals surface area contributed by atoms with Crippen LogP contribution in [0.4, 0.5) is 4.79 Å². The van der Waals surface area contributed by atoms with Gasteiger partial charge in [0, 0.05) is 6.54 Å². The number of rotatable bonds is 5. The Morgan fingerprint density at radius 1 is 1.03 bits per heavy atom. The second kappa shape index (κ2) is 8.84. The average molecular weight is 453 g/mol. The van der Waals surface area contributed by atoms with E-state index in [0.717, 1.165) is 10.9 Å². The van der Waals surface area contributed by atoms with Crippen molar-refractivity contribution in [2.75, 3.05) is 6.54 Å². The highest BCUT2D eigenvalue weighted by molar-refractivity contribution is 6.56. The normalized spacial score (nSPS) is 17.8. The van der Waals surface area contributed by atoms with Crippen molar-refractivity contribution in [3.05, 3.63) is 53.0 Å². The lowest BCUT2D eigenvalue weighted by Crippen LogP contribution is -2.41. The largest absolute Gasteiger partial charge is 0.492 e. The van der Waals surface area contributed by atoms with Crippen LogP contribution >= 0.6 is 0 Å². The molecule has 176 valence electrons. The topological polar surface area (TPSA) is 94.1 Å². The molecule has 0 bridgehead atoms. The van der Waals surface area contributed by atoms with Crippen molar-refractivity contribution in [1.82, 2.24) is 5.32 Å². The van der Waals surface area contributed by atoms with Gasteiger partial charge in [-0.05, 0) is 76.3 Å². The van der Waals surface area contributed by atoms with Crippen LogP contribution in [0.3, 0.4) is 0 Å². The number of carbonyl (C=O) groups is 2. The molecule has 0 radical (unpaired) electrons. The first-order valence-corrected chi connectivity index (χ1v) is 11.0. The Bertz CT molecular complexity index is 1080. The summed E-state index contributed by atoms with van der Waals surface area (Å²) >= 11 is 0. The van der Waals surface area contributed by atoms with E-state index >= 15 is 0 Å². The Balaban J connectivity index is 2.02. The number of benzene rings is 2. The Labute approximate surface area is 195 Å². The van der Waals surface area contributed by atoms with Gasteiger partial charge in [-0.25, -0.2) is 9.59 Å². The maximum absolute atomic E-state index is 12.3. The monoisotopic (exact) mass is 453 g/mol. The van der Waals surface area contributed by atoms with Crippen LogP contribution in [-0.2, 0) is 14.0 Å². The van der Waals surface area contributed by atoms with Crippen molar-refractivity contribution in [3.8, 4) is 0 Å². The summed E-state index contributed by atoms with van der Waals surface area (Å²) in [4.78, 5) is 24.0. The maximum atomic E-state index is 12.3. The van der Waals surface area contributed by atoms with Crippen molar-refractivity contribution in [2.24, 2.45) is 0 Å². The van der Waals surface area contributed by atoms with E-state index in [2.05, 4.69) is 5.32 Å². The summed E-state index contributed by atoms with van der Waals surface area (Å²) in [5.74, 6) is -0.987. The highest BCUT2D eigenvalue weighted by Gasteiger charge is 2.52. The Morgan fingerprint density at radius 2 is 1.61 bits per heavy atom. The molecule has 1 heterocycles. The van der Waals surface area contributed by atoms with Gasteiger partial charge in [0.25, 0.3) is 0 Å². The van der Waals surface area contributed by atoms with E-state index in [1.807, 2.05) is 52.0 Å². The van der Waals surface area contributed by atoms with Crippen molar-refractivity contribution in [2.45, 2.75) is 65.3 Å². The van der Waals surface area contributed by atoms with Gasteiger partial charge in [-0.3, -0.25) is 0 Å². The molecule has 0 saturated carbocycles. The molecule has 2 N–H and O–H groups in total. The molecule has 3 rings (SSSR count). The number of carboxylic acid groups (broad SMARTS) is 1. The molecule has 0 atom stereocenters. The molecule has 1 aliphatic heterocycles. The van der Waals surface area contributed by atoms with E-state index in [0.29, 0.717) is 10.9 Å². The number of ether oxygens (including phenoxy) is 1. The molecule has 1 saturated heterocycles. The van der Waals surface area contributed by atoms with E-state index in [4.69, 9.17) is 14.0 Å². The van der Waals surface area contributed by atoms with Crippen molar-refractivity contribution in [3.63, 3.8) is 0 Å². The van der Waals surface area contributed by atoms with E-state index in [-0.39, 0.29) is 12.1 Å². The number of carbonyl (C=O) groups excluding carboxylic acids is 1. The second-order valence-electron chi connectivity index (χ2n) is 10.2. The first-order chi connectivity index (χ1) is 15.2. The molecule has 8 heteroatoms. The zero-order chi connectivity index (χ0) is 24.6. The number of hydrogen-bond donors (Lipinski definition) is 2.